The zero-order valence-corrected chi connectivity index (χ0v) is 27.2. The van der Waals surface area contributed by atoms with Gasteiger partial charge in [-0.1, -0.05) is 0 Å². The molecule has 5 aromatic rings. The molecule has 4 aliphatic rings. The molecule has 4 fully saturated rings. The van der Waals surface area contributed by atoms with E-state index >= 15 is 0 Å². The Labute approximate surface area is 273 Å². The SMILES string of the molecule is COc1ccncc1-c1cc2c(cnn2-c2cc3c(nc(N4CCC(N5CCOCC5)CC4)n3C)c(N3C[C@H]4C[C@@H]3CO4)n2)c(C)n1. The lowest BCUT2D eigenvalue weighted by atomic mass is 10.0. The number of morpholine rings is 2. The van der Waals surface area contributed by atoms with E-state index < -0.39 is 0 Å². The molecule has 0 saturated carbocycles. The third-order valence-electron chi connectivity index (χ3n) is 10.5. The molecule has 9 rings (SSSR count). The molecule has 4 saturated heterocycles. The summed E-state index contributed by atoms with van der Waals surface area (Å²) in [6.45, 7) is 9.26. The van der Waals surface area contributed by atoms with Crippen molar-refractivity contribution in [3.63, 3.8) is 0 Å². The highest BCUT2D eigenvalue weighted by molar-refractivity contribution is 5.92. The van der Waals surface area contributed by atoms with Crippen molar-refractivity contribution in [3.8, 4) is 22.8 Å². The minimum absolute atomic E-state index is 0.235. The second-order valence-corrected chi connectivity index (χ2v) is 13.2. The zero-order valence-electron chi connectivity index (χ0n) is 27.2. The fourth-order valence-corrected chi connectivity index (χ4v) is 8.02. The van der Waals surface area contributed by atoms with E-state index in [1.54, 1.807) is 19.5 Å². The first-order chi connectivity index (χ1) is 23.1. The van der Waals surface area contributed by atoms with E-state index in [4.69, 9.17) is 34.3 Å². The van der Waals surface area contributed by atoms with Crippen molar-refractivity contribution >= 4 is 33.7 Å². The number of fused-ring (bicyclic) bond motifs is 4. The Morgan fingerprint density at radius 2 is 1.81 bits per heavy atom. The van der Waals surface area contributed by atoms with Gasteiger partial charge in [0, 0.05) is 75.4 Å². The van der Waals surface area contributed by atoms with Crippen molar-refractivity contribution in [2.45, 2.75) is 44.4 Å². The van der Waals surface area contributed by atoms with Gasteiger partial charge < -0.3 is 28.6 Å². The van der Waals surface area contributed by atoms with Crippen LogP contribution in [-0.4, -0.2) is 117 Å². The van der Waals surface area contributed by atoms with Crippen molar-refractivity contribution in [1.82, 2.24) is 39.2 Å². The van der Waals surface area contributed by atoms with Gasteiger partial charge in [-0.05, 0) is 38.3 Å². The van der Waals surface area contributed by atoms with Crippen LogP contribution in [0.3, 0.4) is 0 Å². The number of methoxy groups -OCH3 is 1. The van der Waals surface area contributed by atoms with Crippen molar-refractivity contribution in [1.29, 1.82) is 0 Å². The Morgan fingerprint density at radius 1 is 0.957 bits per heavy atom. The number of rotatable bonds is 6. The molecule has 244 valence electrons. The molecule has 47 heavy (non-hydrogen) atoms. The number of aromatic nitrogens is 7. The third-order valence-corrected chi connectivity index (χ3v) is 10.5. The minimum Gasteiger partial charge on any atom is -0.496 e. The van der Waals surface area contributed by atoms with Crippen LogP contribution in [0.25, 0.3) is 39.0 Å². The molecule has 2 bridgehead atoms. The van der Waals surface area contributed by atoms with Crippen LogP contribution in [0.2, 0.25) is 0 Å². The van der Waals surface area contributed by atoms with E-state index in [1.807, 2.05) is 23.9 Å². The Kier molecular flexibility index (Phi) is 7.02. The van der Waals surface area contributed by atoms with Crippen LogP contribution in [0.5, 0.6) is 5.75 Å². The number of anilines is 2. The second-order valence-electron chi connectivity index (χ2n) is 13.2. The maximum absolute atomic E-state index is 5.99. The molecule has 9 heterocycles. The average Bonchev–Trinajstić information content (AvgIpc) is 3.92. The molecule has 0 aliphatic carbocycles. The minimum atomic E-state index is 0.235. The Morgan fingerprint density at radius 3 is 2.57 bits per heavy atom. The van der Waals surface area contributed by atoms with Crippen molar-refractivity contribution in [3.05, 3.63) is 42.5 Å². The van der Waals surface area contributed by atoms with Gasteiger partial charge in [0.1, 0.15) is 11.3 Å². The van der Waals surface area contributed by atoms with Crippen LogP contribution in [0, 0.1) is 6.92 Å². The number of nitrogens with zero attached hydrogens (tertiary/aromatic N) is 10. The Hall–Kier alpha value is -4.33. The van der Waals surface area contributed by atoms with Crippen molar-refractivity contribution < 1.29 is 14.2 Å². The van der Waals surface area contributed by atoms with E-state index in [9.17, 15) is 0 Å². The molecular weight excluding hydrogens is 596 g/mol. The monoisotopic (exact) mass is 636 g/mol. The fourth-order valence-electron chi connectivity index (χ4n) is 8.02. The van der Waals surface area contributed by atoms with Crippen LogP contribution in [0.4, 0.5) is 11.8 Å². The van der Waals surface area contributed by atoms with Gasteiger partial charge in [-0.15, -0.1) is 0 Å². The predicted molar refractivity (Wildman–Crippen MR) is 179 cm³/mol. The highest BCUT2D eigenvalue weighted by atomic mass is 16.5. The smallest absolute Gasteiger partial charge is 0.206 e. The van der Waals surface area contributed by atoms with Gasteiger partial charge in [-0.2, -0.15) is 5.10 Å². The first-order valence-corrected chi connectivity index (χ1v) is 16.7. The number of pyridine rings is 3. The van der Waals surface area contributed by atoms with Gasteiger partial charge in [-0.25, -0.2) is 14.6 Å². The number of hydrogen-bond acceptors (Lipinski definition) is 11. The summed E-state index contributed by atoms with van der Waals surface area (Å²) in [4.78, 5) is 27.4. The summed E-state index contributed by atoms with van der Waals surface area (Å²) in [7, 11) is 3.80. The molecule has 4 aliphatic heterocycles. The van der Waals surface area contributed by atoms with Gasteiger partial charge in [0.15, 0.2) is 11.6 Å². The first kappa shape index (κ1) is 28.9. The lowest BCUT2D eigenvalue weighted by Crippen LogP contribution is -2.49. The lowest BCUT2D eigenvalue weighted by molar-refractivity contribution is 0.0114. The summed E-state index contributed by atoms with van der Waals surface area (Å²) in [5.74, 6) is 3.38. The number of hydrogen-bond donors (Lipinski definition) is 0. The molecule has 0 spiro atoms. The van der Waals surface area contributed by atoms with Gasteiger partial charge in [0.05, 0.1) is 67.6 Å². The molecule has 0 aromatic carbocycles. The highest BCUT2D eigenvalue weighted by Crippen LogP contribution is 2.38. The first-order valence-electron chi connectivity index (χ1n) is 16.7. The topological polar surface area (TPSA) is 112 Å². The van der Waals surface area contributed by atoms with Gasteiger partial charge >= 0.3 is 0 Å². The largest absolute Gasteiger partial charge is 0.496 e. The summed E-state index contributed by atoms with van der Waals surface area (Å²) in [5, 5.41) is 5.85. The number of piperidine rings is 1. The van der Waals surface area contributed by atoms with Crippen molar-refractivity contribution in [2.24, 2.45) is 7.05 Å². The van der Waals surface area contributed by atoms with Gasteiger partial charge in [0.25, 0.3) is 0 Å². The van der Waals surface area contributed by atoms with Gasteiger partial charge in [0.2, 0.25) is 5.95 Å². The summed E-state index contributed by atoms with van der Waals surface area (Å²) in [6, 6.07) is 6.95. The predicted octanol–water partition coefficient (Wildman–Crippen LogP) is 3.36. The summed E-state index contributed by atoms with van der Waals surface area (Å²) in [6.07, 6.45) is 8.91. The summed E-state index contributed by atoms with van der Waals surface area (Å²) in [5.41, 5.74) is 5.40. The van der Waals surface area contributed by atoms with E-state index in [2.05, 4.69) is 43.4 Å². The van der Waals surface area contributed by atoms with Gasteiger partial charge in [-0.3, -0.25) is 14.9 Å². The maximum Gasteiger partial charge on any atom is 0.206 e. The Balaban J connectivity index is 1.14. The normalized spacial score (nSPS) is 22.3. The molecule has 0 N–H and O–H groups in total. The summed E-state index contributed by atoms with van der Waals surface area (Å²) >= 11 is 0. The van der Waals surface area contributed by atoms with E-state index in [-0.39, 0.29) is 6.10 Å². The molecule has 5 aromatic heterocycles. The van der Waals surface area contributed by atoms with Crippen molar-refractivity contribution in [2.75, 3.05) is 69.5 Å². The fraction of sp³-hybridized carbons (Fsp3) is 0.500. The molecular formula is C34H40N10O3. The molecule has 13 heteroatoms. The maximum atomic E-state index is 5.99. The lowest BCUT2D eigenvalue weighted by Gasteiger charge is -2.40. The number of aryl methyl sites for hydroxylation is 2. The van der Waals surface area contributed by atoms with E-state index in [0.29, 0.717) is 12.1 Å². The molecule has 0 radical (unpaired) electrons. The standard InChI is InChI=1S/C34H40N10O3/c1-21-25-18-36-44(28(25)15-27(37-21)26-17-35-7-4-30(26)45-3)31-16-29-32(33(38-31)43-19-24-14-23(43)20-47-24)39-34(40(29)2)42-8-5-22(6-9-42)41-10-12-46-13-11-41/h4,7,15-18,22-24H,5-6,8-14,19-20H2,1-3H3/t23-,24-/m1/s1. The average molecular weight is 637 g/mol. The van der Waals surface area contributed by atoms with E-state index in [1.165, 1.54) is 0 Å². The van der Waals surface area contributed by atoms with Crippen LogP contribution < -0.4 is 14.5 Å². The highest BCUT2D eigenvalue weighted by Gasteiger charge is 2.41. The molecule has 0 amide bonds. The summed E-state index contributed by atoms with van der Waals surface area (Å²) < 4.78 is 21.4. The molecule has 0 unspecified atom stereocenters. The Bertz CT molecular complexity index is 1960. The van der Waals surface area contributed by atoms with Crippen LogP contribution in [0.15, 0.2) is 36.8 Å². The molecule has 2 atom stereocenters. The number of ether oxygens (including phenoxy) is 3. The zero-order chi connectivity index (χ0) is 31.6. The second kappa shape index (κ2) is 11.4. The number of imidazole rings is 1. The molecule has 13 nitrogen and oxygen atoms in total. The quantitative estimate of drug-likeness (QED) is 0.274. The third kappa shape index (κ3) is 4.82. The van der Waals surface area contributed by atoms with Crippen LogP contribution >= 0.6 is 0 Å². The van der Waals surface area contributed by atoms with E-state index in [0.717, 1.165) is 134 Å². The van der Waals surface area contributed by atoms with Crippen LogP contribution in [-0.2, 0) is 16.5 Å². The van der Waals surface area contributed by atoms with Crippen LogP contribution in [0.1, 0.15) is 25.0 Å².